The van der Waals surface area contributed by atoms with Gasteiger partial charge in [-0.15, -0.1) is 0 Å². The number of urea groups is 1. The molecule has 4 heteroatoms. The van der Waals surface area contributed by atoms with Gasteiger partial charge in [0.2, 0.25) is 0 Å². The quantitative estimate of drug-likeness (QED) is 0.755. The van der Waals surface area contributed by atoms with Crippen LogP contribution in [0.2, 0.25) is 0 Å². The van der Waals surface area contributed by atoms with Crippen molar-refractivity contribution in [2.24, 2.45) is 5.73 Å². The maximum Gasteiger partial charge on any atom is 0.320 e. The van der Waals surface area contributed by atoms with Crippen LogP contribution in [0.15, 0.2) is 42.7 Å². The van der Waals surface area contributed by atoms with Crippen molar-refractivity contribution in [1.29, 1.82) is 0 Å². The van der Waals surface area contributed by atoms with Crippen molar-refractivity contribution in [3.05, 3.63) is 42.7 Å². The molecule has 0 radical (unpaired) electrons. The Labute approximate surface area is 88.6 Å². The van der Waals surface area contributed by atoms with E-state index in [-0.39, 0.29) is 6.17 Å². The second-order valence-corrected chi connectivity index (χ2v) is 3.42. The number of benzene rings is 1. The van der Waals surface area contributed by atoms with Gasteiger partial charge >= 0.3 is 6.03 Å². The number of carbonyl (C=O) groups is 1. The highest BCUT2D eigenvalue weighted by molar-refractivity contribution is 5.75. The van der Waals surface area contributed by atoms with Gasteiger partial charge in [-0.1, -0.05) is 18.2 Å². The minimum absolute atomic E-state index is 0.0649. The van der Waals surface area contributed by atoms with Crippen molar-refractivity contribution in [2.75, 3.05) is 4.90 Å². The van der Waals surface area contributed by atoms with E-state index < -0.39 is 6.03 Å². The van der Waals surface area contributed by atoms with Crippen LogP contribution in [0.25, 0.3) is 0 Å². The Hall–Kier alpha value is -1.97. The summed E-state index contributed by atoms with van der Waals surface area (Å²) in [5, 5.41) is 0. The number of nitrogens with two attached hydrogens (primary N) is 1. The van der Waals surface area contributed by atoms with Gasteiger partial charge in [0.05, 0.1) is 0 Å². The zero-order valence-electron chi connectivity index (χ0n) is 8.50. The lowest BCUT2D eigenvalue weighted by molar-refractivity contribution is 0.217. The highest BCUT2D eigenvalue weighted by Gasteiger charge is 2.25. The second-order valence-electron chi connectivity index (χ2n) is 3.42. The Morgan fingerprint density at radius 1 is 1.27 bits per heavy atom. The molecule has 1 aromatic carbocycles. The van der Waals surface area contributed by atoms with E-state index in [0.29, 0.717) is 0 Å². The fourth-order valence-electron chi connectivity index (χ4n) is 1.69. The van der Waals surface area contributed by atoms with Crippen LogP contribution in [0.4, 0.5) is 10.5 Å². The van der Waals surface area contributed by atoms with Gasteiger partial charge in [-0.05, 0) is 19.1 Å². The third-order valence-electron chi connectivity index (χ3n) is 2.50. The minimum atomic E-state index is -0.433. The molecule has 1 aliphatic rings. The summed E-state index contributed by atoms with van der Waals surface area (Å²) in [7, 11) is 0. The van der Waals surface area contributed by atoms with E-state index in [1.165, 1.54) is 4.90 Å². The first-order valence-electron chi connectivity index (χ1n) is 4.79. The molecule has 1 unspecified atom stereocenters. The lowest BCUT2D eigenvalue weighted by atomic mass is 10.3. The predicted molar refractivity (Wildman–Crippen MR) is 58.9 cm³/mol. The summed E-state index contributed by atoms with van der Waals surface area (Å²) in [6.45, 7) is 1.93. The lowest BCUT2D eigenvalue weighted by Crippen LogP contribution is -2.42. The van der Waals surface area contributed by atoms with Gasteiger partial charge in [0.25, 0.3) is 0 Å². The van der Waals surface area contributed by atoms with Crippen LogP contribution < -0.4 is 10.6 Å². The highest BCUT2D eigenvalue weighted by Crippen LogP contribution is 2.23. The van der Waals surface area contributed by atoms with Crippen molar-refractivity contribution in [3.63, 3.8) is 0 Å². The first kappa shape index (κ1) is 9.58. The number of primary amides is 1. The van der Waals surface area contributed by atoms with Gasteiger partial charge in [0.15, 0.2) is 0 Å². The highest BCUT2D eigenvalue weighted by atomic mass is 16.2. The fourth-order valence-corrected chi connectivity index (χ4v) is 1.69. The molecule has 0 saturated carbocycles. The van der Waals surface area contributed by atoms with Crippen molar-refractivity contribution >= 4 is 11.7 Å². The molecule has 78 valence electrons. The Morgan fingerprint density at radius 2 is 1.93 bits per heavy atom. The van der Waals surface area contributed by atoms with Crippen LogP contribution in [0, 0.1) is 0 Å². The fraction of sp³-hybridized carbons (Fsp3) is 0.182. The monoisotopic (exact) mass is 203 g/mol. The summed E-state index contributed by atoms with van der Waals surface area (Å²) < 4.78 is 0. The molecule has 1 atom stereocenters. The summed E-state index contributed by atoms with van der Waals surface area (Å²) in [4.78, 5) is 14.5. The molecular weight excluding hydrogens is 190 g/mol. The van der Waals surface area contributed by atoms with E-state index in [1.807, 2.05) is 48.4 Å². The van der Waals surface area contributed by atoms with Gasteiger partial charge in [0.1, 0.15) is 6.17 Å². The topological polar surface area (TPSA) is 49.6 Å². The molecule has 0 spiro atoms. The molecule has 0 aliphatic carbocycles. The number of carbonyl (C=O) groups excluding carboxylic acids is 1. The summed E-state index contributed by atoms with van der Waals surface area (Å²) in [5.74, 6) is 0. The predicted octanol–water partition coefficient (Wildman–Crippen LogP) is 1.70. The van der Waals surface area contributed by atoms with Crippen LogP contribution in [-0.2, 0) is 0 Å². The molecule has 1 aliphatic heterocycles. The van der Waals surface area contributed by atoms with Crippen molar-refractivity contribution < 1.29 is 4.79 Å². The molecule has 0 aromatic heterocycles. The maximum atomic E-state index is 11.1. The van der Waals surface area contributed by atoms with Crippen LogP contribution >= 0.6 is 0 Å². The maximum absolute atomic E-state index is 11.1. The zero-order chi connectivity index (χ0) is 10.8. The standard InChI is InChI=1S/C11H13N3O/c1-9-13(7-8-14(9)11(12)15)10-5-3-2-4-6-10/h2-9H,1H3,(H2,12,15). The number of hydrogen-bond acceptors (Lipinski definition) is 2. The average molecular weight is 203 g/mol. The van der Waals surface area contributed by atoms with E-state index >= 15 is 0 Å². The minimum Gasteiger partial charge on any atom is -0.351 e. The number of nitrogens with zero attached hydrogens (tertiary/aromatic N) is 2. The third-order valence-corrected chi connectivity index (χ3v) is 2.50. The molecule has 15 heavy (non-hydrogen) atoms. The van der Waals surface area contributed by atoms with Crippen LogP contribution in [0.1, 0.15) is 6.92 Å². The Bertz CT molecular complexity index is 388. The molecule has 1 aromatic rings. The first-order valence-corrected chi connectivity index (χ1v) is 4.79. The van der Waals surface area contributed by atoms with Gasteiger partial charge < -0.3 is 10.6 Å². The Kier molecular flexibility index (Phi) is 2.33. The van der Waals surface area contributed by atoms with Gasteiger partial charge in [-0.25, -0.2) is 4.79 Å². The normalized spacial score (nSPS) is 19.7. The molecule has 2 N–H and O–H groups in total. The smallest absolute Gasteiger partial charge is 0.320 e. The van der Waals surface area contributed by atoms with Crippen LogP contribution in [0.5, 0.6) is 0 Å². The molecule has 0 bridgehead atoms. The number of hydrogen-bond donors (Lipinski definition) is 1. The molecule has 0 fully saturated rings. The molecule has 2 rings (SSSR count). The van der Waals surface area contributed by atoms with Crippen LogP contribution in [0.3, 0.4) is 0 Å². The summed E-state index contributed by atoms with van der Waals surface area (Å²) in [5.41, 5.74) is 6.28. The molecule has 2 amide bonds. The van der Waals surface area contributed by atoms with E-state index in [4.69, 9.17) is 5.73 Å². The van der Waals surface area contributed by atoms with Crippen molar-refractivity contribution in [2.45, 2.75) is 13.1 Å². The average Bonchev–Trinajstić information content (AvgIpc) is 2.61. The third kappa shape index (κ3) is 1.66. The SMILES string of the molecule is CC1N(C(N)=O)C=CN1c1ccccc1. The molecular formula is C11H13N3O. The number of para-hydroxylation sites is 1. The summed E-state index contributed by atoms with van der Waals surface area (Å²) in [6.07, 6.45) is 3.48. The van der Waals surface area contributed by atoms with Gasteiger partial charge in [-0.3, -0.25) is 4.90 Å². The Balaban J connectivity index is 2.22. The van der Waals surface area contributed by atoms with Gasteiger partial charge in [-0.2, -0.15) is 0 Å². The van der Waals surface area contributed by atoms with E-state index in [2.05, 4.69) is 0 Å². The largest absolute Gasteiger partial charge is 0.351 e. The number of rotatable bonds is 1. The molecule has 0 saturated heterocycles. The molecule has 1 heterocycles. The second kappa shape index (κ2) is 3.65. The number of amides is 2. The van der Waals surface area contributed by atoms with E-state index in [0.717, 1.165) is 5.69 Å². The van der Waals surface area contributed by atoms with Crippen LogP contribution in [-0.4, -0.2) is 17.1 Å². The van der Waals surface area contributed by atoms with Crippen molar-refractivity contribution in [1.82, 2.24) is 4.90 Å². The summed E-state index contributed by atoms with van der Waals surface area (Å²) in [6, 6.07) is 9.43. The van der Waals surface area contributed by atoms with E-state index in [9.17, 15) is 4.79 Å². The number of anilines is 1. The van der Waals surface area contributed by atoms with E-state index in [1.54, 1.807) is 6.20 Å². The zero-order valence-corrected chi connectivity index (χ0v) is 8.50. The lowest BCUT2D eigenvalue weighted by Gasteiger charge is -2.27. The Morgan fingerprint density at radius 3 is 2.47 bits per heavy atom. The van der Waals surface area contributed by atoms with Gasteiger partial charge in [0, 0.05) is 18.1 Å². The first-order chi connectivity index (χ1) is 7.20. The summed E-state index contributed by atoms with van der Waals surface area (Å²) >= 11 is 0. The van der Waals surface area contributed by atoms with Crippen molar-refractivity contribution in [3.8, 4) is 0 Å². The molecule has 4 nitrogen and oxygen atoms in total.